The van der Waals surface area contributed by atoms with Gasteiger partial charge < -0.3 is 14.2 Å². The summed E-state index contributed by atoms with van der Waals surface area (Å²) >= 11 is 6.06. The predicted molar refractivity (Wildman–Crippen MR) is 151 cm³/mol. The number of methoxy groups -OCH3 is 3. The van der Waals surface area contributed by atoms with Crippen molar-refractivity contribution in [2.45, 2.75) is 19.8 Å². The van der Waals surface area contributed by atoms with Gasteiger partial charge in [-0.1, -0.05) is 67.9 Å². The second kappa shape index (κ2) is 12.0. The van der Waals surface area contributed by atoms with E-state index in [1.807, 2.05) is 56.3 Å². The van der Waals surface area contributed by atoms with Crippen LogP contribution in [-0.2, 0) is 9.59 Å². The van der Waals surface area contributed by atoms with Gasteiger partial charge in [0.1, 0.15) is 5.70 Å². The Morgan fingerprint density at radius 2 is 1.56 bits per heavy atom. The summed E-state index contributed by atoms with van der Waals surface area (Å²) in [5.41, 5.74) is 5.04. The molecule has 0 radical (unpaired) electrons. The molecule has 0 bridgehead atoms. The molecule has 0 saturated carbocycles. The molecule has 4 rings (SSSR count). The highest BCUT2D eigenvalue weighted by Gasteiger charge is 2.35. The van der Waals surface area contributed by atoms with E-state index in [1.54, 1.807) is 30.3 Å². The van der Waals surface area contributed by atoms with Crippen molar-refractivity contribution < 1.29 is 23.8 Å². The molecule has 0 fully saturated rings. The van der Waals surface area contributed by atoms with E-state index in [-0.39, 0.29) is 17.5 Å². The lowest BCUT2D eigenvalue weighted by Gasteiger charge is -2.25. The highest BCUT2D eigenvalue weighted by Crippen LogP contribution is 2.39. The number of rotatable bonds is 9. The summed E-state index contributed by atoms with van der Waals surface area (Å²) < 4.78 is 16.3. The van der Waals surface area contributed by atoms with E-state index in [0.717, 1.165) is 5.56 Å². The molecule has 2 amide bonds. The lowest BCUT2D eigenvalue weighted by Crippen LogP contribution is -2.49. The molecule has 0 aliphatic carbocycles. The zero-order valence-corrected chi connectivity index (χ0v) is 23.2. The third-order valence-corrected chi connectivity index (χ3v) is 6.54. The molecular weight excluding hydrogens is 518 g/mol. The second-order valence-electron chi connectivity index (χ2n) is 9.18. The van der Waals surface area contributed by atoms with Crippen LogP contribution in [0.4, 0.5) is 0 Å². The van der Waals surface area contributed by atoms with Crippen LogP contribution in [0.15, 0.2) is 77.4 Å². The van der Waals surface area contributed by atoms with Gasteiger partial charge in [0.25, 0.3) is 5.91 Å². The number of carbonyl (C=O) groups excluding carboxylic acids is 2. The summed E-state index contributed by atoms with van der Waals surface area (Å²) in [7, 11) is 4.55. The Bertz CT molecular complexity index is 1390. The Hall–Kier alpha value is -4.30. The number of hydrogen-bond acceptors (Lipinski definition) is 6. The van der Waals surface area contributed by atoms with Crippen molar-refractivity contribution in [3.05, 3.63) is 94.1 Å². The Labute approximate surface area is 232 Å². The van der Waals surface area contributed by atoms with Gasteiger partial charge in [-0.2, -0.15) is 5.01 Å². The maximum absolute atomic E-state index is 13.7. The van der Waals surface area contributed by atoms with Crippen LogP contribution in [0.1, 0.15) is 36.5 Å². The Morgan fingerprint density at radius 3 is 2.10 bits per heavy atom. The standard InChI is InChI=1S/C30H30ClN3O5/c1-18(2)26(20-11-13-22(31)14-12-20)29(35)33-34-28(21-9-7-6-8-10-21)32-23(30(34)36)15-19-16-24(37-3)27(39-5)25(17-19)38-4/h6-18,26H,1-5H3,(H,33,35). The molecule has 0 saturated heterocycles. The minimum atomic E-state index is -0.518. The van der Waals surface area contributed by atoms with E-state index in [1.165, 1.54) is 26.3 Å². The molecule has 0 aromatic heterocycles. The Kier molecular flexibility index (Phi) is 8.56. The van der Waals surface area contributed by atoms with E-state index in [0.29, 0.717) is 39.2 Å². The van der Waals surface area contributed by atoms with Crippen LogP contribution < -0.4 is 19.6 Å². The second-order valence-corrected chi connectivity index (χ2v) is 9.62. The smallest absolute Gasteiger partial charge is 0.297 e. The number of nitrogens with one attached hydrogen (secondary N) is 1. The monoisotopic (exact) mass is 547 g/mol. The van der Waals surface area contributed by atoms with Gasteiger partial charge in [-0.05, 0) is 47.4 Å². The van der Waals surface area contributed by atoms with E-state index in [4.69, 9.17) is 25.8 Å². The Morgan fingerprint density at radius 1 is 0.949 bits per heavy atom. The first-order valence-electron chi connectivity index (χ1n) is 12.3. The third-order valence-electron chi connectivity index (χ3n) is 6.28. The van der Waals surface area contributed by atoms with Gasteiger partial charge in [-0.3, -0.25) is 15.0 Å². The molecule has 3 aromatic carbocycles. The number of amidine groups is 1. The quantitative estimate of drug-likeness (QED) is 0.359. The number of ether oxygens (including phenoxy) is 3. The molecule has 0 spiro atoms. The van der Waals surface area contributed by atoms with Crippen molar-refractivity contribution in [2.75, 3.05) is 21.3 Å². The van der Waals surface area contributed by atoms with E-state index < -0.39 is 11.8 Å². The molecule has 1 heterocycles. The number of benzene rings is 3. The summed E-state index contributed by atoms with van der Waals surface area (Å²) in [6, 6.07) is 19.8. The van der Waals surface area contributed by atoms with Gasteiger partial charge in [-0.25, -0.2) is 4.99 Å². The van der Waals surface area contributed by atoms with E-state index in [9.17, 15) is 9.59 Å². The van der Waals surface area contributed by atoms with Crippen molar-refractivity contribution in [3.8, 4) is 17.2 Å². The van der Waals surface area contributed by atoms with Crippen molar-refractivity contribution >= 4 is 35.3 Å². The van der Waals surface area contributed by atoms with Crippen LogP contribution in [0.5, 0.6) is 17.2 Å². The van der Waals surface area contributed by atoms with Crippen molar-refractivity contribution in [1.29, 1.82) is 0 Å². The summed E-state index contributed by atoms with van der Waals surface area (Å²) in [6.07, 6.45) is 1.61. The van der Waals surface area contributed by atoms with Gasteiger partial charge in [0.15, 0.2) is 17.3 Å². The zero-order valence-electron chi connectivity index (χ0n) is 22.4. The van der Waals surface area contributed by atoms with Crippen LogP contribution in [-0.4, -0.2) is 44.0 Å². The molecule has 1 N–H and O–H groups in total. The molecule has 39 heavy (non-hydrogen) atoms. The minimum Gasteiger partial charge on any atom is -0.493 e. The molecule has 1 atom stereocenters. The molecule has 202 valence electrons. The summed E-state index contributed by atoms with van der Waals surface area (Å²) in [5.74, 6) is 0.248. The number of carbonyl (C=O) groups is 2. The number of hydrazine groups is 1. The van der Waals surface area contributed by atoms with Crippen LogP contribution in [0.25, 0.3) is 6.08 Å². The number of aliphatic imine (C=N–C) groups is 1. The topological polar surface area (TPSA) is 89.5 Å². The largest absolute Gasteiger partial charge is 0.493 e. The fourth-order valence-electron chi connectivity index (χ4n) is 4.43. The molecule has 1 aliphatic heterocycles. The third kappa shape index (κ3) is 5.91. The van der Waals surface area contributed by atoms with E-state index in [2.05, 4.69) is 10.4 Å². The highest BCUT2D eigenvalue weighted by atomic mass is 35.5. The first kappa shape index (κ1) is 27.7. The van der Waals surface area contributed by atoms with Gasteiger partial charge >= 0.3 is 0 Å². The van der Waals surface area contributed by atoms with Crippen molar-refractivity contribution in [2.24, 2.45) is 10.9 Å². The van der Waals surface area contributed by atoms with Crippen LogP contribution >= 0.6 is 11.6 Å². The maximum atomic E-state index is 13.7. The summed E-state index contributed by atoms with van der Waals surface area (Å²) in [6.45, 7) is 3.90. The normalized spacial score (nSPS) is 14.8. The number of nitrogens with zero attached hydrogens (tertiary/aromatic N) is 2. The molecule has 1 unspecified atom stereocenters. The Balaban J connectivity index is 1.73. The molecule has 8 nitrogen and oxygen atoms in total. The summed E-state index contributed by atoms with van der Waals surface area (Å²) in [5, 5.41) is 1.78. The number of amides is 2. The lowest BCUT2D eigenvalue weighted by atomic mass is 9.88. The number of hydrogen-bond donors (Lipinski definition) is 1. The summed E-state index contributed by atoms with van der Waals surface area (Å²) in [4.78, 5) is 31.9. The molecule has 9 heteroatoms. The van der Waals surface area contributed by atoms with Gasteiger partial charge in [-0.15, -0.1) is 0 Å². The van der Waals surface area contributed by atoms with Gasteiger partial charge in [0.2, 0.25) is 11.7 Å². The average molecular weight is 548 g/mol. The number of halogens is 1. The minimum absolute atomic E-state index is 0.0461. The highest BCUT2D eigenvalue weighted by molar-refractivity contribution is 6.30. The van der Waals surface area contributed by atoms with Gasteiger partial charge in [0, 0.05) is 10.6 Å². The molecule has 3 aromatic rings. The van der Waals surface area contributed by atoms with Crippen LogP contribution in [0, 0.1) is 5.92 Å². The van der Waals surface area contributed by atoms with E-state index >= 15 is 0 Å². The fraction of sp³-hybridized carbons (Fsp3) is 0.233. The first-order chi connectivity index (χ1) is 18.8. The predicted octanol–water partition coefficient (Wildman–Crippen LogP) is 5.47. The fourth-order valence-corrected chi connectivity index (χ4v) is 4.56. The average Bonchev–Trinajstić information content (AvgIpc) is 3.23. The zero-order chi connectivity index (χ0) is 28.1. The maximum Gasteiger partial charge on any atom is 0.297 e. The molecule has 1 aliphatic rings. The van der Waals surface area contributed by atoms with Crippen molar-refractivity contribution in [3.63, 3.8) is 0 Å². The van der Waals surface area contributed by atoms with Crippen LogP contribution in [0.3, 0.4) is 0 Å². The van der Waals surface area contributed by atoms with Crippen molar-refractivity contribution in [1.82, 2.24) is 10.4 Å². The van der Waals surface area contributed by atoms with Crippen LogP contribution in [0.2, 0.25) is 5.02 Å². The SMILES string of the molecule is COc1cc(C=C2N=C(c3ccccc3)N(NC(=O)C(c3ccc(Cl)cc3)C(C)C)C2=O)cc(OC)c1OC. The lowest BCUT2D eigenvalue weighted by molar-refractivity contribution is -0.134. The first-order valence-corrected chi connectivity index (χ1v) is 12.7. The molecular formula is C30H30ClN3O5. The van der Waals surface area contributed by atoms with Gasteiger partial charge in [0.05, 0.1) is 27.2 Å².